The minimum absolute atomic E-state index is 0.0726. The number of ether oxygens (including phenoxy) is 1. The van der Waals surface area contributed by atoms with Crippen LogP contribution >= 0.6 is 23.4 Å². The number of nitrogens with one attached hydrogen (secondary N) is 1. The van der Waals surface area contributed by atoms with E-state index in [-0.39, 0.29) is 18.8 Å². The third-order valence-electron chi connectivity index (χ3n) is 5.31. The highest BCUT2D eigenvalue weighted by Gasteiger charge is 2.51. The summed E-state index contributed by atoms with van der Waals surface area (Å²) in [5, 5.41) is 8.61. The van der Waals surface area contributed by atoms with Crippen LogP contribution in [0.5, 0.6) is 0 Å². The molecule has 3 rings (SSSR count). The Bertz CT molecular complexity index is 1060. The first kappa shape index (κ1) is 25.9. The summed E-state index contributed by atoms with van der Waals surface area (Å²) in [6, 6.07) is 10.1. The molecule has 34 heavy (non-hydrogen) atoms. The maximum absolute atomic E-state index is 13.2. The number of hydrogen-bond donors (Lipinski definition) is 1. The molecule has 11 heteroatoms. The largest absolute Gasteiger partial charge is 0.465 e. The van der Waals surface area contributed by atoms with Crippen LogP contribution in [0.25, 0.3) is 0 Å². The molecular formula is C23H23ClF3N3O3S. The average molecular weight is 514 g/mol. The van der Waals surface area contributed by atoms with E-state index in [2.05, 4.69) is 10.4 Å². The summed E-state index contributed by atoms with van der Waals surface area (Å²) in [4.78, 5) is 26.2. The van der Waals surface area contributed by atoms with E-state index in [0.717, 1.165) is 29.3 Å². The smallest absolute Gasteiger partial charge is 0.416 e. The summed E-state index contributed by atoms with van der Waals surface area (Å²) in [5.41, 5.74) is -0.876. The number of halogens is 4. The fourth-order valence-corrected chi connectivity index (χ4v) is 4.26. The van der Waals surface area contributed by atoms with Gasteiger partial charge in [-0.05, 0) is 67.3 Å². The van der Waals surface area contributed by atoms with Gasteiger partial charge in [-0.3, -0.25) is 4.79 Å². The Kier molecular flexibility index (Phi) is 8.14. The molecule has 2 aromatic carbocycles. The second kappa shape index (κ2) is 10.7. The summed E-state index contributed by atoms with van der Waals surface area (Å²) in [7, 11) is 0. The van der Waals surface area contributed by atoms with Gasteiger partial charge in [-0.2, -0.15) is 30.0 Å². The summed E-state index contributed by atoms with van der Waals surface area (Å²) >= 11 is 7.56. The van der Waals surface area contributed by atoms with Crippen LogP contribution in [0.1, 0.15) is 24.5 Å². The fourth-order valence-electron chi connectivity index (χ4n) is 3.58. The number of hydrazone groups is 1. The van der Waals surface area contributed by atoms with Gasteiger partial charge in [0.05, 0.1) is 24.4 Å². The second-order valence-electron chi connectivity index (χ2n) is 7.56. The molecule has 0 bridgehead atoms. The number of benzene rings is 2. The van der Waals surface area contributed by atoms with Gasteiger partial charge in [0.2, 0.25) is 0 Å². The Morgan fingerprint density at radius 3 is 2.38 bits per heavy atom. The molecule has 2 aromatic rings. The highest BCUT2D eigenvalue weighted by molar-refractivity contribution is 7.98. The summed E-state index contributed by atoms with van der Waals surface area (Å²) < 4.78 is 43.8. The van der Waals surface area contributed by atoms with Gasteiger partial charge < -0.3 is 10.1 Å². The number of anilines is 1. The van der Waals surface area contributed by atoms with Crippen molar-refractivity contribution >= 4 is 46.8 Å². The lowest BCUT2D eigenvalue weighted by molar-refractivity contribution is -0.151. The monoisotopic (exact) mass is 513 g/mol. The fraction of sp³-hybridized carbons (Fsp3) is 0.348. The SMILES string of the molecule is CCOC(=O)C1(CCSC)CN(C(=O)Nc2ccc(C(F)(F)F)cc2)N=C1c1ccc(Cl)cc1. The van der Waals surface area contributed by atoms with Crippen molar-refractivity contribution in [2.24, 2.45) is 10.5 Å². The van der Waals surface area contributed by atoms with Crippen LogP contribution in [0, 0.1) is 5.41 Å². The minimum Gasteiger partial charge on any atom is -0.465 e. The van der Waals surface area contributed by atoms with Crippen molar-refractivity contribution in [1.29, 1.82) is 0 Å². The minimum atomic E-state index is -4.48. The van der Waals surface area contributed by atoms with E-state index in [1.165, 1.54) is 0 Å². The molecule has 6 nitrogen and oxygen atoms in total. The molecule has 0 aromatic heterocycles. The summed E-state index contributed by atoms with van der Waals surface area (Å²) in [6.07, 6.45) is -2.20. The van der Waals surface area contributed by atoms with E-state index < -0.39 is 29.2 Å². The van der Waals surface area contributed by atoms with Gasteiger partial charge in [0.15, 0.2) is 0 Å². The zero-order valence-corrected chi connectivity index (χ0v) is 20.1. The topological polar surface area (TPSA) is 71.0 Å². The lowest BCUT2D eigenvalue weighted by Gasteiger charge is -2.28. The van der Waals surface area contributed by atoms with Crippen molar-refractivity contribution in [3.63, 3.8) is 0 Å². The molecule has 0 fully saturated rings. The Balaban J connectivity index is 1.93. The molecule has 182 valence electrons. The normalized spacial score (nSPS) is 17.9. The Morgan fingerprint density at radius 1 is 1.18 bits per heavy atom. The van der Waals surface area contributed by atoms with Crippen LogP contribution in [0.2, 0.25) is 5.02 Å². The molecule has 0 saturated carbocycles. The number of rotatable bonds is 7. The Morgan fingerprint density at radius 2 is 1.82 bits per heavy atom. The number of alkyl halides is 3. The van der Waals surface area contributed by atoms with Gasteiger partial charge in [0, 0.05) is 10.7 Å². The lowest BCUT2D eigenvalue weighted by atomic mass is 9.78. The lowest BCUT2D eigenvalue weighted by Crippen LogP contribution is -2.45. The quantitative estimate of drug-likeness (QED) is 0.467. The first-order chi connectivity index (χ1) is 16.1. The van der Waals surface area contributed by atoms with E-state index in [1.807, 2.05) is 6.26 Å². The van der Waals surface area contributed by atoms with Crippen molar-refractivity contribution in [2.45, 2.75) is 19.5 Å². The number of carbonyl (C=O) groups is 2. The number of nitrogens with zero attached hydrogens (tertiary/aromatic N) is 2. The van der Waals surface area contributed by atoms with Crippen LogP contribution in [0.4, 0.5) is 23.7 Å². The zero-order chi connectivity index (χ0) is 24.9. The molecule has 1 heterocycles. The summed E-state index contributed by atoms with van der Waals surface area (Å²) in [5.74, 6) is 0.113. The maximum atomic E-state index is 13.2. The van der Waals surface area contributed by atoms with E-state index in [0.29, 0.717) is 28.5 Å². The van der Waals surface area contributed by atoms with Gasteiger partial charge in [-0.25, -0.2) is 9.80 Å². The van der Waals surface area contributed by atoms with Crippen molar-refractivity contribution in [3.8, 4) is 0 Å². The van der Waals surface area contributed by atoms with Crippen molar-refractivity contribution < 1.29 is 27.5 Å². The third kappa shape index (κ3) is 5.67. The predicted molar refractivity (Wildman–Crippen MR) is 127 cm³/mol. The molecule has 0 aliphatic carbocycles. The molecule has 2 amide bonds. The molecule has 1 atom stereocenters. The molecule has 0 spiro atoms. The van der Waals surface area contributed by atoms with Gasteiger partial charge >= 0.3 is 18.2 Å². The Hall–Kier alpha value is -2.72. The van der Waals surface area contributed by atoms with Crippen LogP contribution in [0.15, 0.2) is 53.6 Å². The number of hydrogen-bond acceptors (Lipinski definition) is 5. The molecular weight excluding hydrogens is 491 g/mol. The number of amides is 2. The third-order valence-corrected chi connectivity index (χ3v) is 6.17. The standard InChI is InChI=1S/C23H23ClF3N3O3S/c1-3-33-20(31)22(12-13-34-2)14-30(29-19(22)15-4-8-17(24)9-5-15)21(32)28-18-10-6-16(7-11-18)23(25,26)27/h4-11H,3,12-14H2,1-2H3,(H,28,32). The molecule has 1 aliphatic heterocycles. The van der Waals surface area contributed by atoms with Gasteiger partial charge in [-0.1, -0.05) is 23.7 Å². The zero-order valence-electron chi connectivity index (χ0n) is 18.5. The van der Waals surface area contributed by atoms with Crippen LogP contribution in [-0.2, 0) is 15.7 Å². The van der Waals surface area contributed by atoms with Gasteiger partial charge in [0.1, 0.15) is 5.41 Å². The number of esters is 1. The van der Waals surface area contributed by atoms with E-state index in [4.69, 9.17) is 16.3 Å². The number of carbonyl (C=O) groups excluding carboxylic acids is 2. The van der Waals surface area contributed by atoms with E-state index >= 15 is 0 Å². The van der Waals surface area contributed by atoms with E-state index in [1.54, 1.807) is 43.0 Å². The van der Waals surface area contributed by atoms with Crippen molar-refractivity contribution in [2.75, 3.05) is 30.5 Å². The number of urea groups is 1. The predicted octanol–water partition coefficient (Wildman–Crippen LogP) is 5.91. The second-order valence-corrected chi connectivity index (χ2v) is 8.99. The van der Waals surface area contributed by atoms with Crippen molar-refractivity contribution in [1.82, 2.24) is 5.01 Å². The maximum Gasteiger partial charge on any atom is 0.416 e. The van der Waals surface area contributed by atoms with Crippen LogP contribution in [-0.4, -0.2) is 47.9 Å². The van der Waals surface area contributed by atoms with Gasteiger partial charge in [0.25, 0.3) is 0 Å². The highest BCUT2D eigenvalue weighted by Crippen LogP contribution is 2.38. The van der Waals surface area contributed by atoms with Crippen LogP contribution < -0.4 is 5.32 Å². The molecule has 0 saturated heterocycles. The molecule has 1 aliphatic rings. The average Bonchev–Trinajstić information content (AvgIpc) is 3.19. The first-order valence-corrected chi connectivity index (χ1v) is 12.1. The van der Waals surface area contributed by atoms with E-state index in [9.17, 15) is 22.8 Å². The highest BCUT2D eigenvalue weighted by atomic mass is 35.5. The van der Waals surface area contributed by atoms with Crippen LogP contribution in [0.3, 0.4) is 0 Å². The molecule has 0 radical (unpaired) electrons. The Labute approximate surface area is 204 Å². The van der Waals surface area contributed by atoms with Crippen molar-refractivity contribution in [3.05, 3.63) is 64.7 Å². The number of thioether (sulfide) groups is 1. The first-order valence-electron chi connectivity index (χ1n) is 10.4. The summed E-state index contributed by atoms with van der Waals surface area (Å²) in [6.45, 7) is 1.78. The molecule has 1 N–H and O–H groups in total. The van der Waals surface area contributed by atoms with Gasteiger partial charge in [-0.15, -0.1) is 0 Å². The molecule has 1 unspecified atom stereocenters.